The number of likely N-dealkylation sites (N-methyl/N-ethyl adjacent to an activating group) is 1. The number of hydrogen-bond donors (Lipinski definition) is 1. The van der Waals surface area contributed by atoms with Crippen molar-refractivity contribution in [2.24, 2.45) is 0 Å². The molecule has 0 heterocycles. The van der Waals surface area contributed by atoms with Gasteiger partial charge in [0.1, 0.15) is 0 Å². The first kappa shape index (κ1) is 14.3. The van der Waals surface area contributed by atoms with Crippen LogP contribution in [0.3, 0.4) is 0 Å². The smallest absolute Gasteiger partial charge is 0.269 e. The molecule has 0 aliphatic heterocycles. The van der Waals surface area contributed by atoms with Crippen molar-refractivity contribution in [1.29, 1.82) is 0 Å². The minimum atomic E-state index is -0.483. The number of nitro groups is 1. The average molecular weight is 251 g/mol. The van der Waals surface area contributed by atoms with Gasteiger partial charge in [0, 0.05) is 30.8 Å². The molecular formula is C12H17N3O3. The lowest BCUT2D eigenvalue weighted by Crippen LogP contribution is -2.30. The summed E-state index contributed by atoms with van der Waals surface area (Å²) >= 11 is 0. The van der Waals surface area contributed by atoms with E-state index in [9.17, 15) is 14.9 Å². The van der Waals surface area contributed by atoms with Crippen LogP contribution in [0.5, 0.6) is 0 Å². The van der Waals surface area contributed by atoms with Crippen molar-refractivity contribution in [1.82, 2.24) is 10.2 Å². The quantitative estimate of drug-likeness (QED) is 0.337. The van der Waals surface area contributed by atoms with Crippen LogP contribution in [0.4, 0.5) is 5.69 Å². The third-order valence-electron chi connectivity index (χ3n) is 2.42. The van der Waals surface area contributed by atoms with Crippen molar-refractivity contribution in [3.8, 4) is 0 Å². The fourth-order valence-corrected chi connectivity index (χ4v) is 1.38. The van der Waals surface area contributed by atoms with Crippen molar-refractivity contribution in [2.75, 3.05) is 33.7 Å². The van der Waals surface area contributed by atoms with Gasteiger partial charge in [0.15, 0.2) is 5.78 Å². The van der Waals surface area contributed by atoms with Crippen LogP contribution in [0.2, 0.25) is 0 Å². The number of non-ortho nitro benzene ring substituents is 1. The zero-order valence-electron chi connectivity index (χ0n) is 10.5. The minimum absolute atomic E-state index is 0.00730. The Kier molecular flexibility index (Phi) is 5.41. The minimum Gasteiger partial charge on any atom is -0.308 e. The second-order valence-electron chi connectivity index (χ2n) is 4.21. The topological polar surface area (TPSA) is 75.5 Å². The summed E-state index contributed by atoms with van der Waals surface area (Å²) in [4.78, 5) is 23.7. The summed E-state index contributed by atoms with van der Waals surface area (Å²) in [5.41, 5.74) is 0.477. The van der Waals surface area contributed by atoms with Gasteiger partial charge in [-0.25, -0.2) is 0 Å². The first-order valence-electron chi connectivity index (χ1n) is 5.64. The van der Waals surface area contributed by atoms with Crippen LogP contribution in [0.25, 0.3) is 0 Å². The SMILES string of the molecule is CN(C)CCNCC(=O)c1ccc([N+](=O)[O-])cc1. The van der Waals surface area contributed by atoms with Gasteiger partial charge in [-0.15, -0.1) is 0 Å². The second kappa shape index (κ2) is 6.83. The number of ketones is 1. The Morgan fingerprint density at radius 3 is 2.44 bits per heavy atom. The molecular weight excluding hydrogens is 234 g/mol. The largest absolute Gasteiger partial charge is 0.308 e. The van der Waals surface area contributed by atoms with E-state index >= 15 is 0 Å². The van der Waals surface area contributed by atoms with Crippen molar-refractivity contribution in [2.45, 2.75) is 0 Å². The molecule has 1 N–H and O–H groups in total. The molecule has 1 aromatic rings. The lowest BCUT2D eigenvalue weighted by Gasteiger charge is -2.09. The molecule has 6 nitrogen and oxygen atoms in total. The normalized spacial score (nSPS) is 10.6. The molecule has 18 heavy (non-hydrogen) atoms. The van der Waals surface area contributed by atoms with Crippen molar-refractivity contribution >= 4 is 11.5 Å². The fraction of sp³-hybridized carbons (Fsp3) is 0.417. The molecule has 0 saturated heterocycles. The molecule has 0 unspecified atom stereocenters. The lowest BCUT2D eigenvalue weighted by molar-refractivity contribution is -0.384. The van der Waals surface area contributed by atoms with Gasteiger partial charge in [-0.1, -0.05) is 0 Å². The molecule has 0 fully saturated rings. The monoisotopic (exact) mass is 251 g/mol. The van der Waals surface area contributed by atoms with E-state index in [1.807, 2.05) is 19.0 Å². The molecule has 0 radical (unpaired) electrons. The van der Waals surface area contributed by atoms with E-state index in [0.29, 0.717) is 5.56 Å². The maximum absolute atomic E-state index is 11.7. The standard InChI is InChI=1S/C12H17N3O3/c1-14(2)8-7-13-9-12(16)10-3-5-11(6-4-10)15(17)18/h3-6,13H,7-9H2,1-2H3. The Bertz CT molecular complexity index is 415. The number of benzene rings is 1. The maximum atomic E-state index is 11.7. The first-order chi connectivity index (χ1) is 8.50. The van der Waals surface area contributed by atoms with Crippen LogP contribution in [-0.2, 0) is 0 Å². The van der Waals surface area contributed by atoms with E-state index in [2.05, 4.69) is 5.32 Å². The van der Waals surface area contributed by atoms with Crippen LogP contribution in [0.1, 0.15) is 10.4 Å². The highest BCUT2D eigenvalue weighted by atomic mass is 16.6. The van der Waals surface area contributed by atoms with Crippen LogP contribution in [-0.4, -0.2) is 49.3 Å². The Balaban J connectivity index is 2.44. The summed E-state index contributed by atoms with van der Waals surface area (Å²) in [5.74, 6) is -0.0661. The van der Waals surface area contributed by atoms with Gasteiger partial charge in [-0.3, -0.25) is 14.9 Å². The molecule has 0 aliphatic rings. The van der Waals surface area contributed by atoms with Crippen LogP contribution < -0.4 is 5.32 Å². The number of nitrogens with zero attached hydrogens (tertiary/aromatic N) is 2. The highest BCUT2D eigenvalue weighted by Gasteiger charge is 2.08. The molecule has 0 saturated carbocycles. The summed E-state index contributed by atoms with van der Waals surface area (Å²) in [6.07, 6.45) is 0. The third kappa shape index (κ3) is 4.60. The molecule has 0 amide bonds. The van der Waals surface area contributed by atoms with Crippen molar-refractivity contribution < 1.29 is 9.72 Å². The highest BCUT2D eigenvalue weighted by Crippen LogP contribution is 2.11. The van der Waals surface area contributed by atoms with E-state index < -0.39 is 4.92 Å². The summed E-state index contributed by atoms with van der Waals surface area (Å²) in [7, 11) is 3.92. The average Bonchev–Trinajstić information content (AvgIpc) is 2.34. The molecule has 1 aromatic carbocycles. The fourth-order valence-electron chi connectivity index (χ4n) is 1.38. The molecule has 1 rings (SSSR count). The van der Waals surface area contributed by atoms with Crippen molar-refractivity contribution in [3.63, 3.8) is 0 Å². The number of rotatable bonds is 7. The summed E-state index contributed by atoms with van der Waals surface area (Å²) < 4.78 is 0. The van der Waals surface area contributed by atoms with Gasteiger partial charge in [-0.05, 0) is 26.2 Å². The Morgan fingerprint density at radius 1 is 1.33 bits per heavy atom. The predicted octanol–water partition coefficient (Wildman–Crippen LogP) is 0.929. The number of carbonyl (C=O) groups is 1. The van der Waals surface area contributed by atoms with E-state index in [4.69, 9.17) is 0 Å². The molecule has 0 bridgehead atoms. The summed E-state index contributed by atoms with van der Waals surface area (Å²) in [5, 5.41) is 13.5. The maximum Gasteiger partial charge on any atom is 0.269 e. The molecule has 6 heteroatoms. The molecule has 0 aromatic heterocycles. The molecule has 0 aliphatic carbocycles. The van der Waals surface area contributed by atoms with E-state index in [1.54, 1.807) is 0 Å². The first-order valence-corrected chi connectivity index (χ1v) is 5.64. The molecule has 0 spiro atoms. The van der Waals surface area contributed by atoms with Crippen molar-refractivity contribution in [3.05, 3.63) is 39.9 Å². The Hall–Kier alpha value is -1.79. The number of carbonyl (C=O) groups excluding carboxylic acids is 1. The summed E-state index contributed by atoms with van der Waals surface area (Å²) in [6, 6.07) is 5.64. The van der Waals surface area contributed by atoms with E-state index in [-0.39, 0.29) is 18.0 Å². The van der Waals surface area contributed by atoms with Crippen LogP contribution >= 0.6 is 0 Å². The van der Waals surface area contributed by atoms with Gasteiger partial charge in [0.05, 0.1) is 11.5 Å². The number of nitro benzene ring substituents is 1. The van der Waals surface area contributed by atoms with E-state index in [0.717, 1.165) is 13.1 Å². The van der Waals surface area contributed by atoms with Gasteiger partial charge >= 0.3 is 0 Å². The van der Waals surface area contributed by atoms with E-state index in [1.165, 1.54) is 24.3 Å². The number of nitrogens with one attached hydrogen (secondary N) is 1. The lowest BCUT2D eigenvalue weighted by atomic mass is 10.1. The Labute approximate surface area is 106 Å². The summed E-state index contributed by atoms with van der Waals surface area (Å²) in [6.45, 7) is 1.82. The highest BCUT2D eigenvalue weighted by molar-refractivity contribution is 5.97. The third-order valence-corrected chi connectivity index (χ3v) is 2.42. The van der Waals surface area contributed by atoms with Crippen LogP contribution in [0.15, 0.2) is 24.3 Å². The number of Topliss-reactive ketones (excluding diaryl/α,β-unsaturated/α-hetero) is 1. The number of hydrogen-bond acceptors (Lipinski definition) is 5. The molecule has 0 atom stereocenters. The van der Waals surface area contributed by atoms with Gasteiger partial charge in [0.2, 0.25) is 0 Å². The van der Waals surface area contributed by atoms with Crippen LogP contribution in [0, 0.1) is 10.1 Å². The van der Waals surface area contributed by atoms with Gasteiger partial charge in [0.25, 0.3) is 5.69 Å². The Morgan fingerprint density at radius 2 is 1.94 bits per heavy atom. The zero-order chi connectivity index (χ0) is 13.5. The van der Waals surface area contributed by atoms with Gasteiger partial charge < -0.3 is 10.2 Å². The predicted molar refractivity (Wildman–Crippen MR) is 68.9 cm³/mol. The second-order valence-corrected chi connectivity index (χ2v) is 4.21. The molecule has 98 valence electrons. The zero-order valence-corrected chi connectivity index (χ0v) is 10.5. The van der Waals surface area contributed by atoms with Gasteiger partial charge in [-0.2, -0.15) is 0 Å².